The summed E-state index contributed by atoms with van der Waals surface area (Å²) in [6.45, 7) is 0. The van der Waals surface area contributed by atoms with Gasteiger partial charge in [-0.15, -0.1) is 0 Å². The van der Waals surface area contributed by atoms with Crippen molar-refractivity contribution in [2.24, 2.45) is 0 Å². The smallest absolute Gasteiger partial charge is 0.0228 e. The Morgan fingerprint density at radius 3 is 2.10 bits per heavy atom. The van der Waals surface area contributed by atoms with Crippen molar-refractivity contribution in [3.63, 3.8) is 0 Å². The first-order chi connectivity index (χ1) is 9.92. The topological polar surface area (TPSA) is 0 Å². The van der Waals surface area contributed by atoms with Crippen LogP contribution < -0.4 is 0 Å². The zero-order valence-corrected chi connectivity index (χ0v) is 12.5. The molecular weight excluding hydrogens is 240 g/mol. The summed E-state index contributed by atoms with van der Waals surface area (Å²) in [4.78, 5) is 0. The van der Waals surface area contributed by atoms with E-state index in [-0.39, 0.29) is 0 Å². The summed E-state index contributed by atoms with van der Waals surface area (Å²) in [5.41, 5.74) is 6.20. The molecule has 106 valence electrons. The third-order valence-corrected chi connectivity index (χ3v) is 4.74. The van der Waals surface area contributed by atoms with Crippen LogP contribution in [0.25, 0.3) is 5.57 Å². The van der Waals surface area contributed by atoms with Gasteiger partial charge in [0.05, 0.1) is 0 Å². The Labute approximate surface area is 123 Å². The van der Waals surface area contributed by atoms with E-state index in [1.165, 1.54) is 75.3 Å². The van der Waals surface area contributed by atoms with Crippen LogP contribution in [0, 0.1) is 0 Å². The second-order valence-electron chi connectivity index (χ2n) is 6.28. The van der Waals surface area contributed by atoms with Crippen LogP contribution in [0.5, 0.6) is 0 Å². The third kappa shape index (κ3) is 3.62. The lowest BCUT2D eigenvalue weighted by Gasteiger charge is -2.14. The molecular formula is C20H26. The fraction of sp³-hybridized carbons (Fsp3) is 0.500. The number of rotatable bonds is 4. The van der Waals surface area contributed by atoms with Crippen LogP contribution in [-0.2, 0) is 6.42 Å². The van der Waals surface area contributed by atoms with Gasteiger partial charge in [0.2, 0.25) is 0 Å². The summed E-state index contributed by atoms with van der Waals surface area (Å²) in [5.74, 6) is 0. The lowest BCUT2D eigenvalue weighted by Crippen LogP contribution is -1.95. The van der Waals surface area contributed by atoms with Crippen molar-refractivity contribution >= 4 is 5.57 Å². The van der Waals surface area contributed by atoms with Gasteiger partial charge in [0, 0.05) is 0 Å². The van der Waals surface area contributed by atoms with Crippen LogP contribution in [0.3, 0.4) is 0 Å². The van der Waals surface area contributed by atoms with Crippen molar-refractivity contribution < 1.29 is 0 Å². The molecule has 3 rings (SSSR count). The Morgan fingerprint density at radius 1 is 0.700 bits per heavy atom. The fourth-order valence-corrected chi connectivity index (χ4v) is 3.42. The molecule has 0 unspecified atom stereocenters. The molecule has 2 aliphatic rings. The van der Waals surface area contributed by atoms with Crippen molar-refractivity contribution in [1.82, 2.24) is 0 Å². The molecule has 0 saturated carbocycles. The van der Waals surface area contributed by atoms with E-state index in [1.807, 2.05) is 0 Å². The van der Waals surface area contributed by atoms with Crippen LogP contribution in [0.15, 0.2) is 42.0 Å². The molecule has 0 radical (unpaired) electrons. The molecule has 2 aliphatic carbocycles. The average molecular weight is 266 g/mol. The minimum atomic E-state index is 1.21. The van der Waals surface area contributed by atoms with Crippen LogP contribution in [0.2, 0.25) is 0 Å². The zero-order chi connectivity index (χ0) is 13.6. The van der Waals surface area contributed by atoms with Gasteiger partial charge in [-0.2, -0.15) is 0 Å². The summed E-state index contributed by atoms with van der Waals surface area (Å²) < 4.78 is 0. The normalized spacial score (nSPS) is 19.4. The first-order valence-electron chi connectivity index (χ1n) is 8.38. The van der Waals surface area contributed by atoms with E-state index < -0.39 is 0 Å². The molecule has 0 aliphatic heterocycles. The van der Waals surface area contributed by atoms with E-state index in [1.54, 1.807) is 11.1 Å². The number of hydrogen-bond acceptors (Lipinski definition) is 0. The van der Waals surface area contributed by atoms with Gasteiger partial charge in [-0.05, 0) is 80.9 Å². The van der Waals surface area contributed by atoms with Crippen LogP contribution in [0.4, 0.5) is 0 Å². The molecule has 1 aromatic rings. The van der Waals surface area contributed by atoms with Gasteiger partial charge >= 0.3 is 0 Å². The highest BCUT2D eigenvalue weighted by molar-refractivity contribution is 5.66. The van der Waals surface area contributed by atoms with E-state index in [2.05, 4.69) is 36.4 Å². The molecule has 0 fully saturated rings. The summed E-state index contributed by atoms with van der Waals surface area (Å²) >= 11 is 0. The Kier molecular flexibility index (Phi) is 4.73. The molecule has 0 saturated heterocycles. The highest BCUT2D eigenvalue weighted by Crippen LogP contribution is 2.27. The van der Waals surface area contributed by atoms with Gasteiger partial charge in [-0.3, -0.25) is 0 Å². The maximum Gasteiger partial charge on any atom is -0.0228 e. The van der Waals surface area contributed by atoms with Crippen LogP contribution in [0.1, 0.15) is 68.9 Å². The van der Waals surface area contributed by atoms with Gasteiger partial charge in [0.1, 0.15) is 0 Å². The van der Waals surface area contributed by atoms with Gasteiger partial charge in [-0.1, -0.05) is 42.0 Å². The molecule has 0 bridgehead atoms. The van der Waals surface area contributed by atoms with Crippen molar-refractivity contribution in [1.29, 1.82) is 0 Å². The molecule has 0 aromatic heterocycles. The largest absolute Gasteiger partial charge is 0.0853 e. The molecule has 20 heavy (non-hydrogen) atoms. The van der Waals surface area contributed by atoms with Gasteiger partial charge in [0.15, 0.2) is 0 Å². The Bertz CT molecular complexity index is 487. The average Bonchev–Trinajstić information content (AvgIpc) is 2.55. The van der Waals surface area contributed by atoms with Gasteiger partial charge in [0.25, 0.3) is 0 Å². The molecule has 0 amide bonds. The molecule has 0 spiro atoms. The van der Waals surface area contributed by atoms with E-state index in [0.29, 0.717) is 0 Å². The number of aryl methyl sites for hydroxylation is 1. The van der Waals surface area contributed by atoms with Gasteiger partial charge in [-0.25, -0.2) is 0 Å². The van der Waals surface area contributed by atoms with Crippen molar-refractivity contribution in [3.8, 4) is 0 Å². The molecule has 1 aromatic carbocycles. The third-order valence-electron chi connectivity index (χ3n) is 4.74. The van der Waals surface area contributed by atoms with E-state index in [9.17, 15) is 0 Å². The zero-order valence-electron chi connectivity index (χ0n) is 12.5. The maximum atomic E-state index is 2.48. The predicted octanol–water partition coefficient (Wildman–Crippen LogP) is 6.08. The second kappa shape index (κ2) is 6.92. The Balaban J connectivity index is 1.58. The lowest BCUT2D eigenvalue weighted by atomic mass is 9.91. The summed E-state index contributed by atoms with van der Waals surface area (Å²) in [5, 5.41) is 0. The van der Waals surface area contributed by atoms with E-state index >= 15 is 0 Å². The molecule has 0 heterocycles. The van der Waals surface area contributed by atoms with Crippen LogP contribution in [-0.4, -0.2) is 0 Å². The predicted molar refractivity (Wildman–Crippen MR) is 87.8 cm³/mol. The van der Waals surface area contributed by atoms with E-state index in [0.717, 1.165) is 0 Å². The van der Waals surface area contributed by atoms with Gasteiger partial charge < -0.3 is 0 Å². The number of benzene rings is 1. The monoisotopic (exact) mass is 266 g/mol. The Morgan fingerprint density at radius 2 is 1.45 bits per heavy atom. The number of hydrogen-bond donors (Lipinski definition) is 0. The summed E-state index contributed by atoms with van der Waals surface area (Å²) in [6, 6.07) is 9.35. The highest BCUT2D eigenvalue weighted by Gasteiger charge is 2.07. The molecule has 0 N–H and O–H groups in total. The summed E-state index contributed by atoms with van der Waals surface area (Å²) in [7, 11) is 0. The standard InChI is InChI=1S/C20H26/c1-3-7-17(8-4-1)11-12-18-13-15-20(16-14-18)19-9-5-2-6-10-19/h7,9,13-16H,1-6,8,10-12H2. The number of allylic oxidation sites excluding steroid dienone is 4. The highest BCUT2D eigenvalue weighted by atomic mass is 14.1. The molecule has 0 nitrogen and oxygen atoms in total. The van der Waals surface area contributed by atoms with Crippen LogP contribution >= 0.6 is 0 Å². The molecule has 0 atom stereocenters. The fourth-order valence-electron chi connectivity index (χ4n) is 3.42. The minimum Gasteiger partial charge on any atom is -0.0853 e. The first kappa shape index (κ1) is 13.7. The summed E-state index contributed by atoms with van der Waals surface area (Å²) in [6.07, 6.45) is 18.1. The SMILES string of the molecule is C1=C(CCc2ccc(C3=CCCCC3)cc2)CCCC1. The van der Waals surface area contributed by atoms with E-state index in [4.69, 9.17) is 0 Å². The first-order valence-corrected chi connectivity index (χ1v) is 8.38. The minimum absolute atomic E-state index is 1.21. The maximum absolute atomic E-state index is 2.48. The second-order valence-corrected chi connectivity index (χ2v) is 6.28. The van der Waals surface area contributed by atoms with Crippen molar-refractivity contribution in [2.75, 3.05) is 0 Å². The van der Waals surface area contributed by atoms with Crippen molar-refractivity contribution in [3.05, 3.63) is 53.1 Å². The van der Waals surface area contributed by atoms with Crippen molar-refractivity contribution in [2.45, 2.75) is 64.2 Å². The quantitative estimate of drug-likeness (QED) is 0.579. The lowest BCUT2D eigenvalue weighted by molar-refractivity contribution is 0.673. The Hall–Kier alpha value is -1.30. The molecule has 0 heteroatoms.